The van der Waals surface area contributed by atoms with Crippen molar-refractivity contribution in [1.29, 1.82) is 0 Å². The van der Waals surface area contributed by atoms with E-state index in [1.54, 1.807) is 0 Å². The van der Waals surface area contributed by atoms with Crippen LogP contribution in [0.5, 0.6) is 0 Å². The van der Waals surface area contributed by atoms with Crippen LogP contribution in [0.15, 0.2) is 24.3 Å². The van der Waals surface area contributed by atoms with Gasteiger partial charge < -0.3 is 15.1 Å². The normalized spacial score (nSPS) is 18.6. The lowest BCUT2D eigenvalue weighted by atomic mass is 10.1. The van der Waals surface area contributed by atoms with Crippen molar-refractivity contribution >= 4 is 5.69 Å². The van der Waals surface area contributed by atoms with Crippen LogP contribution < -0.4 is 4.90 Å². The van der Waals surface area contributed by atoms with Gasteiger partial charge in [0.25, 0.3) is 0 Å². The molecule has 4 nitrogen and oxygen atoms in total. The Morgan fingerprint density at radius 3 is 2.26 bits per heavy atom. The molecule has 0 amide bonds. The number of nitrogens with zero attached hydrogens (tertiary/aromatic N) is 2. The first-order chi connectivity index (χ1) is 9.24. The maximum Gasteiger partial charge on any atom is 0.0787 e. The molecule has 0 unspecified atom stereocenters. The minimum Gasteiger partial charge on any atom is -0.395 e. The Labute approximate surface area is 115 Å². The second-order valence-corrected chi connectivity index (χ2v) is 5.07. The summed E-state index contributed by atoms with van der Waals surface area (Å²) < 4.78 is 0. The van der Waals surface area contributed by atoms with Gasteiger partial charge in [-0.05, 0) is 24.1 Å². The molecule has 1 aliphatic heterocycles. The Hall–Kier alpha value is -1.10. The van der Waals surface area contributed by atoms with Crippen LogP contribution in [0, 0.1) is 0 Å². The van der Waals surface area contributed by atoms with Gasteiger partial charge in [0.05, 0.1) is 12.7 Å². The molecule has 0 radical (unpaired) electrons. The maximum atomic E-state index is 9.78. The van der Waals surface area contributed by atoms with Crippen LogP contribution in [-0.4, -0.2) is 54.4 Å². The van der Waals surface area contributed by atoms with Crippen molar-refractivity contribution in [3.63, 3.8) is 0 Å². The molecule has 0 saturated carbocycles. The van der Waals surface area contributed by atoms with Gasteiger partial charge in [-0.25, -0.2) is 0 Å². The predicted molar refractivity (Wildman–Crippen MR) is 77.4 cm³/mol. The number of benzene rings is 1. The van der Waals surface area contributed by atoms with Crippen molar-refractivity contribution in [3.05, 3.63) is 29.8 Å². The predicted octanol–water partition coefficient (Wildman–Crippen LogP) is 1.24. The monoisotopic (exact) mass is 264 g/mol. The summed E-state index contributed by atoms with van der Waals surface area (Å²) >= 11 is 0. The number of piperazine rings is 1. The molecule has 19 heavy (non-hydrogen) atoms. The highest BCUT2D eigenvalue weighted by Crippen LogP contribution is 2.21. The van der Waals surface area contributed by atoms with Gasteiger partial charge in [0.1, 0.15) is 0 Å². The summed E-state index contributed by atoms with van der Waals surface area (Å²) in [4.78, 5) is 4.64. The number of aliphatic hydroxyl groups excluding tert-OH is 2. The highest BCUT2D eigenvalue weighted by molar-refractivity contribution is 5.48. The Bertz CT molecular complexity index is 372. The van der Waals surface area contributed by atoms with Crippen LogP contribution in [0.25, 0.3) is 0 Å². The highest BCUT2D eigenvalue weighted by Gasteiger charge is 2.16. The summed E-state index contributed by atoms with van der Waals surface area (Å²) in [5, 5.41) is 18.7. The lowest BCUT2D eigenvalue weighted by Crippen LogP contribution is -2.47. The summed E-state index contributed by atoms with van der Waals surface area (Å²) in [6.07, 6.45) is 0.398. The van der Waals surface area contributed by atoms with E-state index >= 15 is 0 Å². The second-order valence-electron chi connectivity index (χ2n) is 5.07. The molecular weight excluding hydrogens is 240 g/mol. The van der Waals surface area contributed by atoms with E-state index < -0.39 is 0 Å². The van der Waals surface area contributed by atoms with Crippen molar-refractivity contribution in [1.82, 2.24) is 4.90 Å². The molecule has 1 heterocycles. The van der Waals surface area contributed by atoms with E-state index in [0.29, 0.717) is 0 Å². The van der Waals surface area contributed by atoms with Gasteiger partial charge in [0.15, 0.2) is 0 Å². The minimum absolute atomic E-state index is 0.240. The van der Waals surface area contributed by atoms with Crippen LogP contribution in [0.2, 0.25) is 0 Å². The van der Waals surface area contributed by atoms with Crippen LogP contribution in [0.1, 0.15) is 25.0 Å². The first kappa shape index (κ1) is 14.3. The SMILES string of the molecule is CC[C@@H](O)c1ccc(N2CCN(CCO)CC2)cc1. The highest BCUT2D eigenvalue weighted by atomic mass is 16.3. The van der Waals surface area contributed by atoms with Crippen LogP contribution >= 0.6 is 0 Å². The summed E-state index contributed by atoms with van der Waals surface area (Å²) in [6, 6.07) is 8.22. The molecule has 0 bridgehead atoms. The molecule has 1 atom stereocenters. The number of hydrogen-bond donors (Lipinski definition) is 2. The number of anilines is 1. The summed E-state index contributed by atoms with van der Waals surface area (Å²) in [5.41, 5.74) is 2.21. The third-order valence-corrected chi connectivity index (χ3v) is 3.82. The van der Waals surface area contributed by atoms with E-state index in [-0.39, 0.29) is 12.7 Å². The molecule has 0 spiro atoms. The number of hydrogen-bond acceptors (Lipinski definition) is 4. The van der Waals surface area contributed by atoms with Crippen molar-refractivity contribution in [2.24, 2.45) is 0 Å². The van der Waals surface area contributed by atoms with E-state index in [1.165, 1.54) is 5.69 Å². The molecule has 1 aliphatic rings. The van der Waals surface area contributed by atoms with Gasteiger partial charge >= 0.3 is 0 Å². The van der Waals surface area contributed by atoms with Gasteiger partial charge in [0.2, 0.25) is 0 Å². The van der Waals surface area contributed by atoms with Gasteiger partial charge in [0, 0.05) is 38.4 Å². The molecule has 0 aromatic heterocycles. The van der Waals surface area contributed by atoms with E-state index in [0.717, 1.165) is 44.7 Å². The Balaban J connectivity index is 1.92. The third kappa shape index (κ3) is 3.69. The summed E-state index contributed by atoms with van der Waals surface area (Å²) in [7, 11) is 0. The molecule has 2 rings (SSSR count). The lowest BCUT2D eigenvalue weighted by molar-refractivity contribution is 0.173. The fourth-order valence-electron chi connectivity index (χ4n) is 2.51. The largest absolute Gasteiger partial charge is 0.395 e. The number of aliphatic hydroxyl groups is 2. The average molecular weight is 264 g/mol. The molecule has 4 heteroatoms. The van der Waals surface area contributed by atoms with E-state index in [4.69, 9.17) is 5.11 Å². The molecule has 2 N–H and O–H groups in total. The fourth-order valence-corrected chi connectivity index (χ4v) is 2.51. The molecule has 1 aromatic rings. The zero-order chi connectivity index (χ0) is 13.7. The van der Waals surface area contributed by atoms with Crippen LogP contribution in [0.3, 0.4) is 0 Å². The Kier molecular flexibility index (Phi) is 5.19. The van der Waals surface area contributed by atoms with Gasteiger partial charge in [-0.1, -0.05) is 19.1 Å². The van der Waals surface area contributed by atoms with Crippen molar-refractivity contribution in [2.75, 3.05) is 44.2 Å². The standard InChI is InChI=1S/C15H24N2O2/c1-2-15(19)13-3-5-14(6-4-13)17-9-7-16(8-10-17)11-12-18/h3-6,15,18-19H,2,7-12H2,1H3/t15-/m1/s1. The average Bonchev–Trinajstić information content (AvgIpc) is 2.48. The summed E-state index contributed by atoms with van der Waals surface area (Å²) in [5.74, 6) is 0. The maximum absolute atomic E-state index is 9.78. The molecule has 1 aromatic carbocycles. The van der Waals surface area contributed by atoms with Gasteiger partial charge in [-0.3, -0.25) is 4.90 Å². The summed E-state index contributed by atoms with van der Waals surface area (Å²) in [6.45, 7) is 6.99. The van der Waals surface area contributed by atoms with E-state index in [2.05, 4.69) is 21.9 Å². The molecule has 1 fully saturated rings. The quantitative estimate of drug-likeness (QED) is 0.840. The molecule has 0 aliphatic carbocycles. The number of rotatable bonds is 5. The van der Waals surface area contributed by atoms with Crippen molar-refractivity contribution in [2.45, 2.75) is 19.4 Å². The minimum atomic E-state index is -0.351. The number of β-amino-alcohol motifs (C(OH)–C–C–N with tert-alkyl or cyclic N) is 1. The molecular formula is C15H24N2O2. The first-order valence-electron chi connectivity index (χ1n) is 7.10. The fraction of sp³-hybridized carbons (Fsp3) is 0.600. The molecule has 106 valence electrons. The second kappa shape index (κ2) is 6.89. The smallest absolute Gasteiger partial charge is 0.0787 e. The Morgan fingerprint density at radius 2 is 1.74 bits per heavy atom. The third-order valence-electron chi connectivity index (χ3n) is 3.82. The van der Waals surface area contributed by atoms with E-state index in [1.807, 2.05) is 19.1 Å². The van der Waals surface area contributed by atoms with Crippen LogP contribution in [0.4, 0.5) is 5.69 Å². The van der Waals surface area contributed by atoms with Crippen LogP contribution in [-0.2, 0) is 0 Å². The zero-order valence-corrected chi connectivity index (χ0v) is 11.6. The molecule has 1 saturated heterocycles. The zero-order valence-electron chi connectivity index (χ0n) is 11.6. The Morgan fingerprint density at radius 1 is 1.11 bits per heavy atom. The van der Waals surface area contributed by atoms with Gasteiger partial charge in [-0.2, -0.15) is 0 Å². The topological polar surface area (TPSA) is 46.9 Å². The first-order valence-corrected chi connectivity index (χ1v) is 7.10. The lowest BCUT2D eigenvalue weighted by Gasteiger charge is -2.35. The van der Waals surface area contributed by atoms with Crippen molar-refractivity contribution < 1.29 is 10.2 Å². The van der Waals surface area contributed by atoms with Gasteiger partial charge in [-0.15, -0.1) is 0 Å². The van der Waals surface area contributed by atoms with E-state index in [9.17, 15) is 5.11 Å². The van der Waals surface area contributed by atoms with Crippen molar-refractivity contribution in [3.8, 4) is 0 Å².